The molecule has 0 aliphatic carbocycles. The number of aliphatic carboxylic acids is 1. The number of carboxylic acids is 1. The lowest BCUT2D eigenvalue weighted by Gasteiger charge is -2.14. The van der Waals surface area contributed by atoms with Crippen molar-refractivity contribution in [1.29, 1.82) is 0 Å². The number of aromatic nitrogens is 2. The fourth-order valence-corrected chi connectivity index (χ4v) is 4.46. The average molecular weight is 558 g/mol. The van der Waals surface area contributed by atoms with Crippen LogP contribution in [-0.4, -0.2) is 27.2 Å². The van der Waals surface area contributed by atoms with E-state index in [4.69, 9.17) is 49.6 Å². The Morgan fingerprint density at radius 2 is 1.24 bits per heavy atom. The first-order chi connectivity index (χ1) is 17.9. The first kappa shape index (κ1) is 27.1. The number of carboxylic acid groups (broad SMARTS) is 1. The van der Waals surface area contributed by atoms with Crippen molar-refractivity contribution in [3.8, 4) is 34.2 Å². The summed E-state index contributed by atoms with van der Waals surface area (Å²) < 4.78 is 8.25. The Morgan fingerprint density at radius 3 is 1.84 bits per heavy atom. The second-order valence-corrected chi connectivity index (χ2v) is 9.99. The molecule has 37 heavy (non-hydrogen) atoms. The van der Waals surface area contributed by atoms with Crippen LogP contribution in [0.2, 0.25) is 15.1 Å². The summed E-state index contributed by atoms with van der Waals surface area (Å²) in [7, 11) is 0. The Balaban J connectivity index is 1.67. The molecule has 8 heteroatoms. The molecule has 0 aliphatic rings. The molecule has 0 amide bonds. The van der Waals surface area contributed by atoms with Gasteiger partial charge in [0, 0.05) is 32.6 Å². The summed E-state index contributed by atoms with van der Waals surface area (Å²) in [4.78, 5) is 15.6. The maximum absolute atomic E-state index is 10.7. The predicted octanol–water partition coefficient (Wildman–Crippen LogP) is 8.97. The predicted molar refractivity (Wildman–Crippen MR) is 150 cm³/mol. The van der Waals surface area contributed by atoms with Crippen molar-refractivity contribution in [3.05, 3.63) is 87.9 Å². The summed E-state index contributed by atoms with van der Waals surface area (Å²) >= 11 is 18.5. The molecule has 4 aromatic rings. The quantitative estimate of drug-likeness (QED) is 0.177. The fourth-order valence-electron chi connectivity index (χ4n) is 4.08. The first-order valence-electron chi connectivity index (χ1n) is 12.2. The van der Waals surface area contributed by atoms with E-state index in [-0.39, 0.29) is 6.42 Å². The van der Waals surface area contributed by atoms with Gasteiger partial charge in [-0.25, -0.2) is 0 Å². The number of hydrogen-bond acceptors (Lipinski definition) is 3. The Hall–Kier alpha value is -2.99. The lowest BCUT2D eigenvalue weighted by molar-refractivity contribution is -0.137. The largest absolute Gasteiger partial charge is 0.481 e. The summed E-state index contributed by atoms with van der Waals surface area (Å²) in [6.45, 7) is 0.490. The summed E-state index contributed by atoms with van der Waals surface area (Å²) in [6, 6.07) is 23.2. The lowest BCUT2D eigenvalue weighted by atomic mass is 10.0. The van der Waals surface area contributed by atoms with Crippen LogP contribution in [0.15, 0.2) is 72.8 Å². The van der Waals surface area contributed by atoms with Crippen molar-refractivity contribution < 1.29 is 14.6 Å². The van der Waals surface area contributed by atoms with Crippen LogP contribution in [0.4, 0.5) is 0 Å². The molecule has 3 aromatic carbocycles. The number of halogens is 3. The maximum atomic E-state index is 10.7. The van der Waals surface area contributed by atoms with Gasteiger partial charge in [0.05, 0.1) is 18.0 Å². The number of hydrogen-bond donors (Lipinski definition) is 1. The molecule has 0 bridgehead atoms. The van der Waals surface area contributed by atoms with E-state index in [2.05, 4.69) is 0 Å². The summed E-state index contributed by atoms with van der Waals surface area (Å²) in [5.41, 5.74) is 4.34. The molecule has 0 aliphatic heterocycles. The van der Waals surface area contributed by atoms with E-state index in [0.29, 0.717) is 34.1 Å². The zero-order valence-electron chi connectivity index (χ0n) is 20.2. The molecule has 0 saturated carbocycles. The van der Waals surface area contributed by atoms with Crippen molar-refractivity contribution in [2.45, 2.75) is 38.5 Å². The highest BCUT2D eigenvalue weighted by Gasteiger charge is 2.22. The van der Waals surface area contributed by atoms with E-state index < -0.39 is 5.97 Å². The van der Waals surface area contributed by atoms with Gasteiger partial charge >= 0.3 is 12.0 Å². The van der Waals surface area contributed by atoms with Crippen LogP contribution in [-0.2, 0) is 4.79 Å². The van der Waals surface area contributed by atoms with E-state index >= 15 is 0 Å². The van der Waals surface area contributed by atoms with E-state index in [0.717, 1.165) is 53.9 Å². The number of carbonyl (C=O) groups is 1. The lowest BCUT2D eigenvalue weighted by Crippen LogP contribution is -2.05. The molecule has 4 rings (SSSR count). The van der Waals surface area contributed by atoms with E-state index in [1.165, 1.54) is 0 Å². The molecule has 0 atom stereocenters. The molecule has 0 saturated heterocycles. The minimum Gasteiger partial charge on any atom is -0.481 e. The summed E-state index contributed by atoms with van der Waals surface area (Å²) in [5.74, 6) is -0.745. The molecule has 1 heterocycles. The van der Waals surface area contributed by atoms with Crippen molar-refractivity contribution in [3.63, 3.8) is 0 Å². The summed E-state index contributed by atoms with van der Waals surface area (Å²) in [5, 5.41) is 10.7. The van der Waals surface area contributed by atoms with Gasteiger partial charge in [-0.15, -0.1) is 0 Å². The highest BCUT2D eigenvalue weighted by Crippen LogP contribution is 2.39. The number of ether oxygens (including phenoxy) is 1. The van der Waals surface area contributed by atoms with Crippen LogP contribution in [0.25, 0.3) is 28.2 Å². The van der Waals surface area contributed by atoms with Crippen LogP contribution in [0.3, 0.4) is 0 Å². The molecule has 0 spiro atoms. The van der Waals surface area contributed by atoms with Crippen LogP contribution in [0.5, 0.6) is 6.01 Å². The van der Waals surface area contributed by atoms with Crippen LogP contribution >= 0.6 is 34.8 Å². The highest BCUT2D eigenvalue weighted by molar-refractivity contribution is 6.31. The third-order valence-electron chi connectivity index (χ3n) is 5.93. The van der Waals surface area contributed by atoms with Crippen LogP contribution in [0.1, 0.15) is 38.5 Å². The van der Waals surface area contributed by atoms with Gasteiger partial charge in [0.25, 0.3) is 0 Å². The minimum absolute atomic E-state index is 0.218. The zero-order chi connectivity index (χ0) is 26.2. The number of unbranched alkanes of at least 4 members (excludes halogenated alkanes) is 4. The molecule has 5 nitrogen and oxygen atoms in total. The molecule has 0 unspecified atom stereocenters. The van der Waals surface area contributed by atoms with Gasteiger partial charge in [-0.1, -0.05) is 78.3 Å². The zero-order valence-corrected chi connectivity index (χ0v) is 22.4. The topological polar surface area (TPSA) is 64.3 Å². The minimum atomic E-state index is -0.745. The summed E-state index contributed by atoms with van der Waals surface area (Å²) in [6.07, 6.45) is 4.58. The van der Waals surface area contributed by atoms with Crippen molar-refractivity contribution in [2.75, 3.05) is 6.61 Å². The maximum Gasteiger partial charge on any atom is 0.303 e. The number of benzene rings is 3. The average Bonchev–Trinajstić information content (AvgIpc) is 3.26. The Labute approximate surface area is 231 Å². The van der Waals surface area contributed by atoms with Gasteiger partial charge in [0.2, 0.25) is 0 Å². The Kier molecular flexibility index (Phi) is 9.51. The van der Waals surface area contributed by atoms with Crippen LogP contribution < -0.4 is 4.74 Å². The number of imidazole rings is 1. The van der Waals surface area contributed by atoms with E-state index in [1.807, 2.05) is 77.4 Å². The first-order valence-corrected chi connectivity index (χ1v) is 13.3. The highest BCUT2D eigenvalue weighted by atomic mass is 35.5. The molecular weight excluding hydrogens is 531 g/mol. The molecule has 0 fully saturated rings. The van der Waals surface area contributed by atoms with Gasteiger partial charge in [0.1, 0.15) is 5.69 Å². The molecule has 1 aromatic heterocycles. The van der Waals surface area contributed by atoms with Gasteiger partial charge in [0.15, 0.2) is 0 Å². The van der Waals surface area contributed by atoms with Crippen LogP contribution in [0, 0.1) is 0 Å². The van der Waals surface area contributed by atoms with Crippen molar-refractivity contribution >= 4 is 40.8 Å². The standard InChI is InChI=1S/C29H27Cl3N2O3/c30-22-11-7-20(8-12-22)27-28(21-9-13-23(31)14-10-21)34(25-17-15-24(32)16-18-25)29(33-27)37-19-5-3-1-2-4-6-26(35)36/h7-18H,1-6,19H2,(H,35,36). The second-order valence-electron chi connectivity index (χ2n) is 8.68. The van der Waals surface area contributed by atoms with Crippen molar-refractivity contribution in [1.82, 2.24) is 9.55 Å². The normalized spacial score (nSPS) is 11.0. The smallest absolute Gasteiger partial charge is 0.303 e. The third-order valence-corrected chi connectivity index (χ3v) is 6.69. The Morgan fingerprint density at radius 1 is 0.730 bits per heavy atom. The molecule has 192 valence electrons. The SMILES string of the molecule is O=C(O)CCCCCCCOc1nc(-c2ccc(Cl)cc2)c(-c2ccc(Cl)cc2)n1-c1ccc(Cl)cc1. The third kappa shape index (κ3) is 7.29. The van der Waals surface area contributed by atoms with Gasteiger partial charge in [-0.2, -0.15) is 4.98 Å². The molecular formula is C29H27Cl3N2O3. The van der Waals surface area contributed by atoms with E-state index in [9.17, 15) is 4.79 Å². The number of rotatable bonds is 12. The van der Waals surface area contributed by atoms with Gasteiger partial charge in [-0.05, 0) is 61.4 Å². The molecule has 1 N–H and O–H groups in total. The van der Waals surface area contributed by atoms with Gasteiger partial charge < -0.3 is 9.84 Å². The van der Waals surface area contributed by atoms with Crippen molar-refractivity contribution in [2.24, 2.45) is 0 Å². The van der Waals surface area contributed by atoms with Gasteiger partial charge in [-0.3, -0.25) is 9.36 Å². The fraction of sp³-hybridized carbons (Fsp3) is 0.241. The monoisotopic (exact) mass is 556 g/mol. The molecule has 0 radical (unpaired) electrons. The second kappa shape index (κ2) is 13.0. The number of nitrogens with zero attached hydrogens (tertiary/aromatic N) is 2. The van der Waals surface area contributed by atoms with E-state index in [1.54, 1.807) is 0 Å². The Bertz CT molecular complexity index is 1320.